The molecule has 2 aromatic carbocycles. The van der Waals surface area contributed by atoms with Crippen molar-refractivity contribution in [1.29, 1.82) is 0 Å². The minimum atomic E-state index is -1.17. The molecule has 1 atom stereocenters. The maximum absolute atomic E-state index is 13.8. The first-order valence-electron chi connectivity index (χ1n) is 6.06. The van der Waals surface area contributed by atoms with Crippen molar-refractivity contribution in [3.05, 3.63) is 63.7 Å². The second-order valence-corrected chi connectivity index (χ2v) is 4.42. The number of hydrogen-bond donors (Lipinski definition) is 1. The van der Waals surface area contributed by atoms with Gasteiger partial charge in [-0.25, -0.2) is 4.39 Å². The van der Waals surface area contributed by atoms with Gasteiger partial charge in [0, 0.05) is 17.7 Å². The third-order valence-electron chi connectivity index (χ3n) is 2.83. The second-order valence-electron chi connectivity index (χ2n) is 4.42. The van der Waals surface area contributed by atoms with Crippen molar-refractivity contribution in [2.75, 3.05) is 0 Å². The zero-order chi connectivity index (χ0) is 15.6. The van der Waals surface area contributed by atoms with Gasteiger partial charge in [0.05, 0.1) is 11.0 Å². The highest BCUT2D eigenvalue weighted by atomic mass is 19.1. The van der Waals surface area contributed by atoms with E-state index >= 15 is 0 Å². The molecule has 0 aliphatic rings. The summed E-state index contributed by atoms with van der Waals surface area (Å²) in [5.74, 6) is -2.37. The second kappa shape index (κ2) is 5.84. The summed E-state index contributed by atoms with van der Waals surface area (Å²) in [5, 5.41) is 10.5. The van der Waals surface area contributed by atoms with Gasteiger partial charge in [-0.1, -0.05) is 18.2 Å². The van der Waals surface area contributed by atoms with Gasteiger partial charge in [0.2, 0.25) is 5.82 Å². The van der Waals surface area contributed by atoms with Gasteiger partial charge in [0.25, 0.3) is 0 Å². The van der Waals surface area contributed by atoms with Gasteiger partial charge in [0.1, 0.15) is 5.75 Å². The van der Waals surface area contributed by atoms with Gasteiger partial charge < -0.3 is 10.5 Å². The highest BCUT2D eigenvalue weighted by molar-refractivity contribution is 5.44. The number of benzene rings is 2. The topological polar surface area (TPSA) is 78.4 Å². The molecule has 0 aromatic heterocycles. The number of nitro benzene ring substituents is 1. The first-order chi connectivity index (χ1) is 9.90. The third-order valence-corrected chi connectivity index (χ3v) is 2.83. The first kappa shape index (κ1) is 14.9. The van der Waals surface area contributed by atoms with Crippen molar-refractivity contribution in [3.63, 3.8) is 0 Å². The Morgan fingerprint density at radius 1 is 1.19 bits per heavy atom. The van der Waals surface area contributed by atoms with Crippen LogP contribution in [0.15, 0.2) is 36.4 Å². The molecule has 21 heavy (non-hydrogen) atoms. The Kier molecular flexibility index (Phi) is 4.13. The standard InChI is InChI=1S/C14H12F2N2O3/c1-8(17)9-4-2-3-5-13(9)21-14-7-10(15)12(18(19)20)6-11(14)16/h2-8H,17H2,1H3. The van der Waals surface area contributed by atoms with Crippen LogP contribution in [0.1, 0.15) is 18.5 Å². The van der Waals surface area contributed by atoms with E-state index in [2.05, 4.69) is 0 Å². The number of ether oxygens (including phenoxy) is 1. The maximum atomic E-state index is 13.8. The molecule has 5 nitrogen and oxygen atoms in total. The minimum Gasteiger partial charge on any atom is -0.454 e. The molecular weight excluding hydrogens is 282 g/mol. The van der Waals surface area contributed by atoms with Crippen molar-refractivity contribution in [2.45, 2.75) is 13.0 Å². The number of nitrogens with zero attached hydrogens (tertiary/aromatic N) is 1. The van der Waals surface area contributed by atoms with Gasteiger partial charge >= 0.3 is 5.69 Å². The predicted octanol–water partition coefficient (Wildman–Crippen LogP) is 3.69. The summed E-state index contributed by atoms with van der Waals surface area (Å²) in [7, 11) is 0. The smallest absolute Gasteiger partial charge is 0.307 e. The molecule has 7 heteroatoms. The van der Waals surface area contributed by atoms with Crippen molar-refractivity contribution in [3.8, 4) is 11.5 Å². The quantitative estimate of drug-likeness (QED) is 0.689. The van der Waals surface area contributed by atoms with Gasteiger partial charge in [-0.05, 0) is 13.0 Å². The van der Waals surface area contributed by atoms with Gasteiger partial charge in [-0.15, -0.1) is 0 Å². The average molecular weight is 294 g/mol. The van der Waals surface area contributed by atoms with E-state index in [1.807, 2.05) is 0 Å². The Balaban J connectivity index is 2.41. The molecule has 0 saturated carbocycles. The van der Waals surface area contributed by atoms with Crippen LogP contribution in [-0.4, -0.2) is 4.92 Å². The van der Waals surface area contributed by atoms with Crippen LogP contribution in [0.2, 0.25) is 0 Å². The zero-order valence-corrected chi connectivity index (χ0v) is 11.0. The minimum absolute atomic E-state index is 0.264. The SMILES string of the molecule is CC(N)c1ccccc1Oc1cc(F)c([N+](=O)[O-])cc1F. The summed E-state index contributed by atoms with van der Waals surface area (Å²) >= 11 is 0. The Labute approximate surface area is 119 Å². The van der Waals surface area contributed by atoms with Crippen LogP contribution in [-0.2, 0) is 0 Å². The molecule has 0 spiro atoms. The van der Waals surface area contributed by atoms with Crippen LogP contribution in [0.3, 0.4) is 0 Å². The lowest BCUT2D eigenvalue weighted by atomic mass is 10.1. The van der Waals surface area contributed by atoms with Crippen molar-refractivity contribution >= 4 is 5.69 Å². The average Bonchev–Trinajstić information content (AvgIpc) is 2.42. The number of nitro groups is 1. The molecule has 1 unspecified atom stereocenters. The Morgan fingerprint density at radius 2 is 1.86 bits per heavy atom. The van der Waals surface area contributed by atoms with Crippen LogP contribution >= 0.6 is 0 Å². The summed E-state index contributed by atoms with van der Waals surface area (Å²) < 4.78 is 32.6. The number of para-hydroxylation sites is 1. The van der Waals surface area contributed by atoms with Crippen molar-refractivity contribution in [1.82, 2.24) is 0 Å². The van der Waals surface area contributed by atoms with Crippen molar-refractivity contribution < 1.29 is 18.4 Å². The summed E-state index contributed by atoms with van der Waals surface area (Å²) in [6.07, 6.45) is 0. The molecule has 2 N–H and O–H groups in total. The number of halogens is 2. The van der Waals surface area contributed by atoms with Crippen LogP contribution < -0.4 is 10.5 Å². The fraction of sp³-hybridized carbons (Fsp3) is 0.143. The van der Waals surface area contributed by atoms with E-state index in [4.69, 9.17) is 10.5 Å². The highest BCUT2D eigenvalue weighted by Gasteiger charge is 2.20. The monoisotopic (exact) mass is 294 g/mol. The zero-order valence-electron chi connectivity index (χ0n) is 11.0. The van der Waals surface area contributed by atoms with E-state index in [9.17, 15) is 18.9 Å². The molecule has 2 aromatic rings. The van der Waals surface area contributed by atoms with Gasteiger partial charge in [-0.3, -0.25) is 10.1 Å². The molecule has 0 bridgehead atoms. The van der Waals surface area contributed by atoms with E-state index in [1.54, 1.807) is 31.2 Å². The fourth-order valence-corrected chi connectivity index (χ4v) is 1.80. The van der Waals surface area contributed by atoms with Crippen LogP contribution in [0, 0.1) is 21.7 Å². The molecule has 110 valence electrons. The summed E-state index contributed by atoms with van der Waals surface area (Å²) in [6, 6.07) is 7.40. The predicted molar refractivity (Wildman–Crippen MR) is 72.1 cm³/mol. The summed E-state index contributed by atoms with van der Waals surface area (Å²) in [5.41, 5.74) is 5.43. The molecular formula is C14H12F2N2O3. The summed E-state index contributed by atoms with van der Waals surface area (Å²) in [6.45, 7) is 1.72. The number of hydrogen-bond acceptors (Lipinski definition) is 4. The lowest BCUT2D eigenvalue weighted by Gasteiger charge is -2.13. The number of nitrogens with two attached hydrogens (primary N) is 1. The van der Waals surface area contributed by atoms with Crippen LogP contribution in [0.4, 0.5) is 14.5 Å². The lowest BCUT2D eigenvalue weighted by Crippen LogP contribution is -2.06. The van der Waals surface area contributed by atoms with E-state index in [0.717, 1.165) is 0 Å². The normalized spacial score (nSPS) is 12.0. The largest absolute Gasteiger partial charge is 0.454 e. The van der Waals surface area contributed by atoms with E-state index in [-0.39, 0.29) is 11.8 Å². The van der Waals surface area contributed by atoms with Crippen LogP contribution in [0.5, 0.6) is 11.5 Å². The lowest BCUT2D eigenvalue weighted by molar-refractivity contribution is -0.387. The Bertz CT molecular complexity index is 690. The molecule has 0 heterocycles. The molecule has 0 fully saturated rings. The molecule has 0 saturated heterocycles. The molecule has 0 amide bonds. The molecule has 0 aliphatic carbocycles. The van der Waals surface area contributed by atoms with E-state index in [1.165, 1.54) is 0 Å². The van der Waals surface area contributed by atoms with Crippen molar-refractivity contribution in [2.24, 2.45) is 5.73 Å². The number of rotatable bonds is 4. The summed E-state index contributed by atoms with van der Waals surface area (Å²) in [4.78, 5) is 9.53. The van der Waals surface area contributed by atoms with Gasteiger partial charge in [-0.2, -0.15) is 4.39 Å². The van der Waals surface area contributed by atoms with Crippen LogP contribution in [0.25, 0.3) is 0 Å². The third kappa shape index (κ3) is 3.14. The molecule has 0 aliphatic heterocycles. The van der Waals surface area contributed by atoms with Gasteiger partial charge in [0.15, 0.2) is 11.6 Å². The molecule has 0 radical (unpaired) electrons. The Hall–Kier alpha value is -2.54. The van der Waals surface area contributed by atoms with E-state index < -0.39 is 28.0 Å². The van der Waals surface area contributed by atoms with E-state index in [0.29, 0.717) is 17.7 Å². The Morgan fingerprint density at radius 3 is 2.48 bits per heavy atom. The fourth-order valence-electron chi connectivity index (χ4n) is 1.80. The maximum Gasteiger partial charge on any atom is 0.307 e. The first-order valence-corrected chi connectivity index (χ1v) is 6.06. The highest BCUT2D eigenvalue weighted by Crippen LogP contribution is 2.33. The molecule has 2 rings (SSSR count).